The van der Waals surface area contributed by atoms with E-state index in [1.807, 2.05) is 0 Å². The van der Waals surface area contributed by atoms with Crippen molar-refractivity contribution in [1.29, 1.82) is 0 Å². The molecule has 4 atom stereocenters. The SMILES string of the molecule is CC(C)CCOc1ccc(S(=O)(=O)C2(C(=O)NO)CCC3(CCNCC3)C2)cc1.CNC(=O)c1ccc(Oc2ccc(S(=O)(=O)C3(C(=O)NO)CCC4(CCNCC4)C3)cc2)cc1.COC(=O)c1ccc(Oc2ccc(S(=O)(=O)C3(C(=O)NO)CCC4(CCNCC4)C3)cc2)cc1.O=C(O)c1ccc(Oc2ccc(S(=O)(=O)C3(C(=O)NO)CCC4(CCNCC4)C3)cc2)cc1. The molecule has 38 heteroatoms. The van der Waals surface area contributed by atoms with E-state index in [9.17, 15) is 88.1 Å². The highest BCUT2D eigenvalue weighted by Gasteiger charge is 2.65. The molecule has 34 nitrogen and oxygen atoms in total. The van der Waals surface area contributed by atoms with E-state index >= 15 is 0 Å². The Morgan fingerprint density at radius 1 is 0.338 bits per heavy atom. The zero-order valence-electron chi connectivity index (χ0n) is 73.0. The van der Waals surface area contributed by atoms with Crippen molar-refractivity contribution in [2.24, 2.45) is 27.6 Å². The molecular weight excluding hydrogens is 1760 g/mol. The number of carbonyl (C=O) groups excluding carboxylic acids is 6. The smallest absolute Gasteiger partial charge is 0.337 e. The molecular formula is C92H115N9O25S4. The summed E-state index contributed by atoms with van der Waals surface area (Å²) < 4.78 is 130. The molecule has 4 unspecified atom stereocenters. The van der Waals surface area contributed by atoms with Gasteiger partial charge in [-0.1, -0.05) is 13.8 Å². The number of carbonyl (C=O) groups is 7. The first-order valence-electron chi connectivity index (χ1n) is 43.5. The Labute approximate surface area is 756 Å². The molecule has 0 bridgehead atoms. The quantitative estimate of drug-likeness (QED) is 0.0144. The number of ether oxygens (including phenoxy) is 5. The maximum absolute atomic E-state index is 13.7. The van der Waals surface area contributed by atoms with Crippen LogP contribution in [0.3, 0.4) is 0 Å². The third-order valence-electron chi connectivity index (χ3n) is 27.6. The minimum atomic E-state index is -4.11. The Bertz CT molecular complexity index is 5470. The first kappa shape index (κ1) is 98.5. The topological polar surface area (TPSA) is 512 Å². The highest BCUT2D eigenvalue weighted by molar-refractivity contribution is 7.94. The van der Waals surface area contributed by atoms with Crippen LogP contribution in [-0.4, -0.2) is 193 Å². The Hall–Kier alpha value is -10.5. The number of esters is 1. The van der Waals surface area contributed by atoms with Crippen LogP contribution in [0.4, 0.5) is 0 Å². The van der Waals surface area contributed by atoms with Gasteiger partial charge in [0.05, 0.1) is 44.4 Å². The third-order valence-corrected chi connectivity index (χ3v) is 37.4. The maximum atomic E-state index is 13.7. The lowest BCUT2D eigenvalue weighted by Crippen LogP contribution is -2.51. The molecule has 7 aromatic rings. The van der Waals surface area contributed by atoms with Crippen LogP contribution < -0.4 is 67.5 Å². The number of rotatable bonds is 25. The Morgan fingerprint density at radius 3 is 0.792 bits per heavy atom. The molecule has 4 aliphatic heterocycles. The monoisotopic (exact) mass is 1870 g/mol. The van der Waals surface area contributed by atoms with Crippen molar-refractivity contribution in [1.82, 2.24) is 48.5 Å². The van der Waals surface area contributed by atoms with Gasteiger partial charge >= 0.3 is 11.9 Å². The highest BCUT2D eigenvalue weighted by Crippen LogP contribution is 2.59. The van der Waals surface area contributed by atoms with Crippen LogP contribution in [0.1, 0.15) is 180 Å². The number of hydrogen-bond acceptors (Lipinski definition) is 28. The van der Waals surface area contributed by atoms with Crippen LogP contribution in [0.25, 0.3) is 0 Å². The Balaban J connectivity index is 0.000000157. The molecule has 4 spiro atoms. The summed E-state index contributed by atoms with van der Waals surface area (Å²) in [5.41, 5.74) is 6.60. The van der Waals surface area contributed by atoms with Gasteiger partial charge in [0, 0.05) is 12.6 Å². The molecule has 4 heterocycles. The molecule has 4 aliphatic carbocycles. The summed E-state index contributed by atoms with van der Waals surface area (Å²) in [6.45, 7) is 11.1. The maximum Gasteiger partial charge on any atom is 0.337 e. The van der Waals surface area contributed by atoms with E-state index in [0.29, 0.717) is 89.6 Å². The number of carboxylic acids is 1. The van der Waals surface area contributed by atoms with Gasteiger partial charge in [0.2, 0.25) is 0 Å². The number of amides is 5. The number of hydrogen-bond donors (Lipinski definition) is 14. The van der Waals surface area contributed by atoms with Crippen LogP contribution in [0.5, 0.6) is 40.2 Å². The molecule has 702 valence electrons. The average molecular weight is 1880 g/mol. The van der Waals surface area contributed by atoms with Gasteiger partial charge in [-0.05, 0) is 385 Å². The molecule has 4 saturated carbocycles. The lowest BCUT2D eigenvalue weighted by Gasteiger charge is -2.36. The van der Waals surface area contributed by atoms with Gasteiger partial charge < -0.3 is 55.4 Å². The van der Waals surface area contributed by atoms with Crippen molar-refractivity contribution in [3.8, 4) is 40.2 Å². The van der Waals surface area contributed by atoms with E-state index in [2.05, 4.69) is 45.2 Å². The minimum absolute atomic E-state index is 0.00407. The molecule has 130 heavy (non-hydrogen) atoms. The number of methoxy groups -OCH3 is 1. The molecule has 0 aromatic heterocycles. The fourth-order valence-corrected chi connectivity index (χ4v) is 28.3. The highest BCUT2D eigenvalue weighted by atomic mass is 32.2. The standard InChI is InChI=1S/C24H29N3O6S.C24H28N2O7S.C23H26N2O7S.C21H32N2O5S/c1-25-21(28)17-2-4-18(5-3-17)33-19-6-8-20(9-7-19)34(31,32)24(22(29)27-30)11-10-23(16-24)12-14-26-15-13-23;1-32-21(27)17-2-4-18(5-3-17)33-19-6-8-20(9-7-19)34(30,31)24(22(28)26-29)11-10-23(16-24)12-14-25-15-13-23;26-20(27)16-1-3-17(4-2-16)32-18-5-7-19(8-6-18)33(30,31)23(21(28)25-29)10-9-22(15-23)11-13-24-14-12-22;1-16(2)7-14-28-17-3-5-18(6-4-17)29(26,27)21(19(24)23-25)9-8-20(15-21)10-12-22-13-11-20/h2-9,26,30H,10-16H2,1H3,(H,25,28)(H,27,29);2-9,25,29H,10-16H2,1H3,(H,26,28);1-8,24,29H,9-15H2,(H,25,28)(H,26,27);3-6,16,22,25H,7-15H2,1-2H3,(H,23,24). The number of piperidine rings is 4. The van der Waals surface area contributed by atoms with Crippen molar-refractivity contribution < 1.29 is 117 Å². The fourth-order valence-electron chi connectivity index (χ4n) is 19.9. The van der Waals surface area contributed by atoms with Gasteiger partial charge in [-0.2, -0.15) is 0 Å². The number of aromatic carboxylic acids is 1. The van der Waals surface area contributed by atoms with Crippen LogP contribution in [-0.2, 0) is 63.3 Å². The number of carboxylic acid groups (broad SMARTS) is 1. The molecule has 4 saturated heterocycles. The summed E-state index contributed by atoms with van der Waals surface area (Å²) in [6, 6.07) is 42.5. The van der Waals surface area contributed by atoms with E-state index in [1.54, 1.807) is 89.6 Å². The molecule has 8 fully saturated rings. The third kappa shape index (κ3) is 20.7. The van der Waals surface area contributed by atoms with Crippen molar-refractivity contribution >= 4 is 80.8 Å². The van der Waals surface area contributed by atoms with Crippen LogP contribution in [0, 0.1) is 27.6 Å². The van der Waals surface area contributed by atoms with E-state index < -0.39 is 93.9 Å². The first-order valence-corrected chi connectivity index (χ1v) is 49.4. The summed E-state index contributed by atoms with van der Waals surface area (Å²) in [7, 11) is -13.4. The van der Waals surface area contributed by atoms with E-state index in [4.69, 9.17) is 24.1 Å². The van der Waals surface area contributed by atoms with Crippen LogP contribution in [0.2, 0.25) is 0 Å². The fraction of sp³-hybridized carbons (Fsp3) is 0.467. The molecule has 0 radical (unpaired) electrons. The van der Waals surface area contributed by atoms with Gasteiger partial charge in [-0.25, -0.2) is 65.2 Å². The second-order valence-electron chi connectivity index (χ2n) is 35.6. The van der Waals surface area contributed by atoms with Crippen molar-refractivity contribution in [2.45, 2.75) is 187 Å². The van der Waals surface area contributed by atoms with E-state index in [0.717, 1.165) is 110 Å². The van der Waals surface area contributed by atoms with E-state index in [1.165, 1.54) is 116 Å². The summed E-state index contributed by atoms with van der Waals surface area (Å²) in [5.74, 6) is -1.55. The van der Waals surface area contributed by atoms with E-state index in [-0.39, 0.29) is 104 Å². The zero-order valence-corrected chi connectivity index (χ0v) is 76.3. The first-order chi connectivity index (χ1) is 62.0. The van der Waals surface area contributed by atoms with Crippen LogP contribution >= 0.6 is 0 Å². The van der Waals surface area contributed by atoms with Crippen LogP contribution in [0.15, 0.2) is 189 Å². The summed E-state index contributed by atoms with van der Waals surface area (Å²) >= 11 is 0. The normalized spacial score (nSPS) is 22.3. The number of sulfone groups is 4. The second kappa shape index (κ2) is 41.1. The van der Waals surface area contributed by atoms with Gasteiger partial charge in [0.25, 0.3) is 29.5 Å². The molecule has 8 aliphatic rings. The van der Waals surface area contributed by atoms with Gasteiger partial charge in [0.1, 0.15) is 40.2 Å². The van der Waals surface area contributed by atoms with Crippen molar-refractivity contribution in [3.63, 3.8) is 0 Å². The molecule has 7 aromatic carbocycles. The van der Waals surface area contributed by atoms with Crippen molar-refractivity contribution in [3.05, 3.63) is 187 Å². The number of nitrogens with one attached hydrogen (secondary N) is 9. The molecule has 5 amide bonds. The number of hydroxylamine groups is 4. The lowest BCUT2D eigenvalue weighted by molar-refractivity contribution is -0.132. The van der Waals surface area contributed by atoms with Crippen molar-refractivity contribution in [2.75, 3.05) is 73.1 Å². The Morgan fingerprint density at radius 2 is 0.569 bits per heavy atom. The minimum Gasteiger partial charge on any atom is -0.494 e. The second-order valence-corrected chi connectivity index (χ2v) is 44.7. The van der Waals surface area contributed by atoms with Gasteiger partial charge in [0.15, 0.2) is 58.3 Å². The Kier molecular flexibility index (Phi) is 31.2. The average Bonchev–Trinajstić information content (AvgIpc) is 1.57. The largest absolute Gasteiger partial charge is 0.494 e. The predicted octanol–water partition coefficient (Wildman–Crippen LogP) is 10.7. The summed E-state index contributed by atoms with van der Waals surface area (Å²) in [4.78, 5) is 85.2. The predicted molar refractivity (Wildman–Crippen MR) is 475 cm³/mol. The lowest BCUT2D eigenvalue weighted by atomic mass is 9.77. The van der Waals surface area contributed by atoms with Gasteiger partial charge in [-0.15, -0.1) is 0 Å². The summed E-state index contributed by atoms with van der Waals surface area (Å²) in [5, 5.41) is 62.2. The molecule has 15 rings (SSSR count). The van der Waals surface area contributed by atoms with Gasteiger partial charge in [-0.3, -0.25) is 44.8 Å². The summed E-state index contributed by atoms with van der Waals surface area (Å²) in [6.07, 6.45) is 11.3. The zero-order chi connectivity index (χ0) is 93.6. The number of benzene rings is 7. The molecule has 14 N–H and O–H groups in total.